The molecule has 0 aliphatic heterocycles. The molecule has 3 nitrogen and oxygen atoms in total. The number of ether oxygens (including phenoxy) is 1. The van der Waals surface area contributed by atoms with Gasteiger partial charge in [0.1, 0.15) is 5.75 Å². The Morgan fingerprint density at radius 1 is 1.16 bits per heavy atom. The number of halogens is 3. The molecule has 0 spiro atoms. The second kappa shape index (κ2) is 8.51. The lowest BCUT2D eigenvalue weighted by Gasteiger charge is -2.09. The van der Waals surface area contributed by atoms with Crippen LogP contribution in [0, 0.1) is 0 Å². The fraction of sp³-hybridized carbons (Fsp3) is 0.462. The summed E-state index contributed by atoms with van der Waals surface area (Å²) in [6.45, 7) is 2.67. The summed E-state index contributed by atoms with van der Waals surface area (Å²) < 4.78 is 5.30. The predicted octanol–water partition coefficient (Wildman–Crippen LogP) is 4.33. The Bertz CT molecular complexity index is 438. The van der Waals surface area contributed by atoms with Crippen LogP contribution in [0.5, 0.6) is 5.75 Å². The van der Waals surface area contributed by atoms with Crippen molar-refractivity contribution < 1.29 is 9.53 Å². The van der Waals surface area contributed by atoms with E-state index in [0.717, 1.165) is 19.3 Å². The van der Waals surface area contributed by atoms with Crippen LogP contribution in [-0.2, 0) is 4.79 Å². The third-order valence-electron chi connectivity index (χ3n) is 2.44. The molecule has 0 radical (unpaired) electrons. The molecular formula is C13H16Cl3NO2. The van der Waals surface area contributed by atoms with Crippen LogP contribution >= 0.6 is 34.8 Å². The summed E-state index contributed by atoms with van der Waals surface area (Å²) >= 11 is 17.6. The van der Waals surface area contributed by atoms with Gasteiger partial charge < -0.3 is 10.1 Å². The summed E-state index contributed by atoms with van der Waals surface area (Å²) in [5.41, 5.74) is 0. The lowest BCUT2D eigenvalue weighted by Crippen LogP contribution is -2.29. The number of unbranched alkanes of at least 4 members (excludes halogenated alkanes) is 2. The maximum atomic E-state index is 11.5. The minimum atomic E-state index is -0.182. The highest BCUT2D eigenvalue weighted by molar-refractivity contribution is 6.43. The molecule has 106 valence electrons. The van der Waals surface area contributed by atoms with Crippen molar-refractivity contribution in [2.45, 2.75) is 26.2 Å². The Kier molecular flexibility index (Phi) is 7.36. The number of carbonyl (C=O) groups excluding carboxylic acids is 1. The first-order chi connectivity index (χ1) is 9.04. The van der Waals surface area contributed by atoms with Crippen LogP contribution in [0.1, 0.15) is 26.2 Å². The number of carbonyl (C=O) groups is 1. The van der Waals surface area contributed by atoms with E-state index in [1.165, 1.54) is 12.1 Å². The van der Waals surface area contributed by atoms with E-state index in [-0.39, 0.29) is 12.5 Å². The second-order valence-corrected chi connectivity index (χ2v) is 5.26. The number of hydrogen-bond acceptors (Lipinski definition) is 2. The first-order valence-corrected chi connectivity index (χ1v) is 7.22. The van der Waals surface area contributed by atoms with Crippen molar-refractivity contribution in [3.8, 4) is 5.75 Å². The zero-order valence-corrected chi connectivity index (χ0v) is 12.9. The van der Waals surface area contributed by atoms with Crippen LogP contribution in [0.25, 0.3) is 0 Å². The third-order valence-corrected chi connectivity index (χ3v) is 3.45. The highest BCUT2D eigenvalue weighted by Crippen LogP contribution is 2.33. The Hall–Kier alpha value is -0.640. The minimum absolute atomic E-state index is 0.0934. The van der Waals surface area contributed by atoms with Crippen molar-refractivity contribution in [2.75, 3.05) is 13.2 Å². The number of nitrogens with one attached hydrogen (secondary N) is 1. The van der Waals surface area contributed by atoms with Gasteiger partial charge in [-0.05, 0) is 12.5 Å². The van der Waals surface area contributed by atoms with Gasteiger partial charge in [0.25, 0.3) is 5.91 Å². The van der Waals surface area contributed by atoms with E-state index in [4.69, 9.17) is 39.5 Å². The molecule has 0 saturated heterocycles. The lowest BCUT2D eigenvalue weighted by molar-refractivity contribution is -0.123. The van der Waals surface area contributed by atoms with E-state index >= 15 is 0 Å². The first kappa shape index (κ1) is 16.4. The molecule has 6 heteroatoms. The number of amides is 1. The summed E-state index contributed by atoms with van der Waals surface area (Å²) in [5.74, 6) is 0.165. The average molecular weight is 325 g/mol. The van der Waals surface area contributed by atoms with Gasteiger partial charge in [0.05, 0.1) is 15.1 Å². The van der Waals surface area contributed by atoms with E-state index in [9.17, 15) is 4.79 Å². The zero-order valence-electron chi connectivity index (χ0n) is 10.6. The van der Waals surface area contributed by atoms with Crippen LogP contribution in [0.15, 0.2) is 12.1 Å². The van der Waals surface area contributed by atoms with Crippen LogP contribution in [0.3, 0.4) is 0 Å². The van der Waals surface area contributed by atoms with E-state index in [1.807, 2.05) is 0 Å². The molecule has 1 N–H and O–H groups in total. The molecular weight excluding hydrogens is 309 g/mol. The lowest BCUT2D eigenvalue weighted by atomic mass is 10.2. The number of rotatable bonds is 7. The van der Waals surface area contributed by atoms with Crippen molar-refractivity contribution in [3.63, 3.8) is 0 Å². The van der Waals surface area contributed by atoms with Gasteiger partial charge >= 0.3 is 0 Å². The monoisotopic (exact) mass is 323 g/mol. The SMILES string of the molecule is CCCCCNC(=O)COc1cc(Cl)c(Cl)cc1Cl. The number of hydrogen-bond donors (Lipinski definition) is 1. The van der Waals surface area contributed by atoms with Gasteiger partial charge in [-0.2, -0.15) is 0 Å². The van der Waals surface area contributed by atoms with Gasteiger partial charge in [0, 0.05) is 12.6 Å². The number of benzene rings is 1. The molecule has 1 rings (SSSR count). The molecule has 1 aromatic carbocycles. The van der Waals surface area contributed by atoms with Crippen LogP contribution < -0.4 is 10.1 Å². The zero-order chi connectivity index (χ0) is 14.3. The molecule has 1 aromatic rings. The van der Waals surface area contributed by atoms with Crippen molar-refractivity contribution in [2.24, 2.45) is 0 Å². The fourth-order valence-electron chi connectivity index (χ4n) is 1.41. The Morgan fingerprint density at radius 3 is 2.53 bits per heavy atom. The van der Waals surface area contributed by atoms with Gasteiger partial charge in [-0.1, -0.05) is 54.6 Å². The molecule has 0 aliphatic rings. The maximum Gasteiger partial charge on any atom is 0.257 e. The highest BCUT2D eigenvalue weighted by atomic mass is 35.5. The highest BCUT2D eigenvalue weighted by Gasteiger charge is 2.09. The standard InChI is InChI=1S/C13H16Cl3NO2/c1-2-3-4-5-17-13(18)8-19-12-7-10(15)9(14)6-11(12)16/h6-7H,2-5,8H2,1H3,(H,17,18). The van der Waals surface area contributed by atoms with Crippen molar-refractivity contribution in [1.82, 2.24) is 5.32 Å². The summed E-state index contributed by atoms with van der Waals surface area (Å²) in [4.78, 5) is 11.5. The molecule has 1 amide bonds. The molecule has 0 bridgehead atoms. The summed E-state index contributed by atoms with van der Waals surface area (Å²) in [7, 11) is 0. The smallest absolute Gasteiger partial charge is 0.257 e. The van der Waals surface area contributed by atoms with Crippen LogP contribution in [0.4, 0.5) is 0 Å². The average Bonchev–Trinajstić information content (AvgIpc) is 2.37. The third kappa shape index (κ3) is 5.89. The molecule has 0 atom stereocenters. The van der Waals surface area contributed by atoms with E-state index in [2.05, 4.69) is 12.2 Å². The van der Waals surface area contributed by atoms with E-state index < -0.39 is 0 Å². The molecule has 0 fully saturated rings. The minimum Gasteiger partial charge on any atom is -0.482 e. The Balaban J connectivity index is 2.40. The van der Waals surface area contributed by atoms with Gasteiger partial charge in [0.2, 0.25) is 0 Å². The first-order valence-electron chi connectivity index (χ1n) is 6.08. The summed E-state index contributed by atoms with van der Waals surface area (Å²) in [5, 5.41) is 3.78. The van der Waals surface area contributed by atoms with Crippen molar-refractivity contribution in [3.05, 3.63) is 27.2 Å². The molecule has 0 saturated carbocycles. The van der Waals surface area contributed by atoms with Gasteiger partial charge in [-0.15, -0.1) is 0 Å². The van der Waals surface area contributed by atoms with Crippen LogP contribution in [0.2, 0.25) is 15.1 Å². The Labute approximate surface area is 128 Å². The molecule has 0 aromatic heterocycles. The molecule has 0 heterocycles. The largest absolute Gasteiger partial charge is 0.482 e. The van der Waals surface area contributed by atoms with Crippen molar-refractivity contribution >= 4 is 40.7 Å². The summed E-state index contributed by atoms with van der Waals surface area (Å²) in [6, 6.07) is 2.98. The quantitative estimate of drug-likeness (QED) is 0.599. The van der Waals surface area contributed by atoms with Crippen molar-refractivity contribution in [1.29, 1.82) is 0 Å². The maximum absolute atomic E-state index is 11.5. The van der Waals surface area contributed by atoms with Gasteiger partial charge in [-0.3, -0.25) is 4.79 Å². The van der Waals surface area contributed by atoms with Crippen LogP contribution in [-0.4, -0.2) is 19.1 Å². The molecule has 0 unspecified atom stereocenters. The molecule has 0 aliphatic carbocycles. The fourth-order valence-corrected chi connectivity index (χ4v) is 2.00. The topological polar surface area (TPSA) is 38.3 Å². The predicted molar refractivity (Wildman–Crippen MR) is 79.5 cm³/mol. The summed E-state index contributed by atoms with van der Waals surface area (Å²) in [6.07, 6.45) is 3.18. The normalized spacial score (nSPS) is 10.3. The van der Waals surface area contributed by atoms with Gasteiger partial charge in [-0.25, -0.2) is 0 Å². The Morgan fingerprint density at radius 2 is 1.84 bits per heavy atom. The molecule has 19 heavy (non-hydrogen) atoms. The van der Waals surface area contributed by atoms with E-state index in [1.54, 1.807) is 0 Å². The second-order valence-electron chi connectivity index (χ2n) is 4.04. The van der Waals surface area contributed by atoms with Gasteiger partial charge in [0.15, 0.2) is 6.61 Å². The van der Waals surface area contributed by atoms with E-state index in [0.29, 0.717) is 27.4 Å².